The van der Waals surface area contributed by atoms with E-state index in [9.17, 15) is 34.8 Å². The fourth-order valence-corrected chi connectivity index (χ4v) is 5.82. The summed E-state index contributed by atoms with van der Waals surface area (Å²) < 4.78 is 17.6. The summed E-state index contributed by atoms with van der Waals surface area (Å²) in [6.45, 7) is 4.98. The second-order valence-electron chi connectivity index (χ2n) is 10.8. The molecule has 0 aromatic heterocycles. The minimum Gasteiger partial charge on any atom is -0.507 e. The maximum atomic E-state index is 13.8. The summed E-state index contributed by atoms with van der Waals surface area (Å²) in [5, 5.41) is 44.4. The van der Waals surface area contributed by atoms with Gasteiger partial charge in [0.1, 0.15) is 22.8 Å². The summed E-state index contributed by atoms with van der Waals surface area (Å²) in [5.74, 6) is -3.08. The van der Waals surface area contributed by atoms with Crippen LogP contribution in [0, 0.1) is 0 Å². The Morgan fingerprint density at radius 3 is 2.50 bits per heavy atom. The predicted octanol–water partition coefficient (Wildman–Crippen LogP) is 1.81. The van der Waals surface area contributed by atoms with E-state index in [4.69, 9.17) is 19.9 Å². The van der Waals surface area contributed by atoms with Gasteiger partial charge in [0, 0.05) is 42.0 Å². The molecule has 1 heterocycles. The van der Waals surface area contributed by atoms with Crippen LogP contribution in [0.4, 0.5) is 0 Å². The number of phenols is 2. The maximum Gasteiger partial charge on any atom is 0.202 e. The number of phenolic OH excluding ortho intramolecular Hbond substituents is 2. The minimum atomic E-state index is -2.00. The lowest BCUT2D eigenvalue weighted by atomic mass is 9.72. The van der Waals surface area contributed by atoms with E-state index in [2.05, 4.69) is 0 Å². The number of fused-ring (bicyclic) bond motifs is 3. The number of benzene rings is 2. The summed E-state index contributed by atoms with van der Waals surface area (Å²) in [5.41, 5.74) is 3.07. The standard InChI is InChI=1S/C29H33NO10/c1-4-8-38-17-7-5-6-14-20(17)27(35)23-22(25(14)33)26(34)15-10-29(37,13(3)31)11-18(21(15)28(23)36)40-19-9-16(30)24(32)12(2)39-19/h5-7,12,16,18-19,24,32,34,36-37H,4,8-11,30H2,1-3H3/t12?,16?,18-,19?,24?,29-/m0/s1. The monoisotopic (exact) mass is 555 g/mol. The van der Waals surface area contributed by atoms with Crippen molar-refractivity contribution in [3.63, 3.8) is 0 Å². The minimum absolute atomic E-state index is 0.00308. The van der Waals surface area contributed by atoms with Gasteiger partial charge in [-0.05, 0) is 26.3 Å². The lowest BCUT2D eigenvalue weighted by Crippen LogP contribution is -2.52. The van der Waals surface area contributed by atoms with Crippen LogP contribution in [0.15, 0.2) is 18.2 Å². The van der Waals surface area contributed by atoms with Crippen molar-refractivity contribution in [3.05, 3.63) is 51.6 Å². The highest BCUT2D eigenvalue weighted by atomic mass is 16.7. The van der Waals surface area contributed by atoms with Crippen molar-refractivity contribution >= 4 is 17.3 Å². The van der Waals surface area contributed by atoms with Crippen LogP contribution in [0.1, 0.15) is 89.1 Å². The van der Waals surface area contributed by atoms with Gasteiger partial charge in [0.2, 0.25) is 5.78 Å². The molecule has 0 saturated carbocycles. The van der Waals surface area contributed by atoms with Gasteiger partial charge in [-0.15, -0.1) is 0 Å². The first-order valence-electron chi connectivity index (χ1n) is 13.3. The molecule has 40 heavy (non-hydrogen) atoms. The van der Waals surface area contributed by atoms with E-state index in [1.807, 2.05) is 6.92 Å². The Kier molecular flexibility index (Phi) is 7.22. The normalized spacial score (nSPS) is 29.4. The van der Waals surface area contributed by atoms with Crippen LogP contribution in [0.25, 0.3) is 0 Å². The zero-order valence-electron chi connectivity index (χ0n) is 22.5. The number of ether oxygens (including phenoxy) is 3. The predicted molar refractivity (Wildman–Crippen MR) is 140 cm³/mol. The fraction of sp³-hybridized carbons (Fsp3) is 0.483. The van der Waals surface area contributed by atoms with E-state index in [0.717, 1.165) is 0 Å². The molecule has 0 spiro atoms. The highest BCUT2D eigenvalue weighted by Crippen LogP contribution is 2.52. The van der Waals surface area contributed by atoms with Crippen LogP contribution in [0.3, 0.4) is 0 Å². The summed E-state index contributed by atoms with van der Waals surface area (Å²) >= 11 is 0. The Balaban J connectivity index is 1.66. The first-order valence-corrected chi connectivity index (χ1v) is 13.3. The van der Waals surface area contributed by atoms with E-state index >= 15 is 0 Å². The summed E-state index contributed by atoms with van der Waals surface area (Å²) in [4.78, 5) is 40.0. The SMILES string of the molecule is CCCOc1cccc2c1C(=O)c1c(O)c3c(c(O)c1C2=O)C[C@@](O)(C(C)=O)C[C@@H]3OC1CC(N)C(O)C(C)O1. The molecule has 2 aromatic carbocycles. The molecule has 1 aliphatic heterocycles. The van der Waals surface area contributed by atoms with Gasteiger partial charge in [-0.1, -0.05) is 19.1 Å². The Labute approximate surface area is 230 Å². The second-order valence-corrected chi connectivity index (χ2v) is 10.8. The van der Waals surface area contributed by atoms with Gasteiger partial charge in [0.25, 0.3) is 0 Å². The van der Waals surface area contributed by atoms with Crippen LogP contribution in [-0.2, 0) is 20.7 Å². The zero-order valence-corrected chi connectivity index (χ0v) is 22.5. The lowest BCUT2D eigenvalue weighted by molar-refractivity contribution is -0.247. The number of ketones is 3. The van der Waals surface area contributed by atoms with Gasteiger partial charge in [-0.3, -0.25) is 14.4 Å². The van der Waals surface area contributed by atoms with Crippen molar-refractivity contribution in [2.75, 3.05) is 6.61 Å². The van der Waals surface area contributed by atoms with Crippen molar-refractivity contribution in [2.24, 2.45) is 5.73 Å². The van der Waals surface area contributed by atoms with Crippen LogP contribution in [0.5, 0.6) is 17.2 Å². The molecule has 3 aliphatic rings. The third kappa shape index (κ3) is 4.38. The summed E-state index contributed by atoms with van der Waals surface area (Å²) in [6, 6.07) is 3.86. The molecular formula is C29H33NO10. The van der Waals surface area contributed by atoms with Crippen molar-refractivity contribution in [2.45, 2.75) is 82.7 Å². The van der Waals surface area contributed by atoms with E-state index in [-0.39, 0.29) is 40.8 Å². The second kappa shape index (κ2) is 10.2. The van der Waals surface area contributed by atoms with Gasteiger partial charge in [-0.25, -0.2) is 0 Å². The quantitative estimate of drug-likeness (QED) is 0.279. The van der Waals surface area contributed by atoms with Gasteiger partial charge in [0.05, 0.1) is 41.6 Å². The van der Waals surface area contributed by atoms with E-state index in [0.29, 0.717) is 13.0 Å². The molecule has 0 radical (unpaired) electrons. The van der Waals surface area contributed by atoms with E-state index in [1.165, 1.54) is 13.0 Å². The zero-order chi connectivity index (χ0) is 29.1. The number of aliphatic hydroxyl groups excluding tert-OH is 1. The number of Topliss-reactive ketones (excluding diaryl/α,β-unsaturated/α-hetero) is 1. The first-order chi connectivity index (χ1) is 18.9. The number of rotatable bonds is 6. The number of aromatic hydroxyl groups is 2. The molecule has 11 heteroatoms. The fourth-order valence-electron chi connectivity index (χ4n) is 5.82. The number of hydrogen-bond donors (Lipinski definition) is 5. The summed E-state index contributed by atoms with van der Waals surface area (Å²) in [7, 11) is 0. The molecule has 0 amide bonds. The third-order valence-corrected chi connectivity index (χ3v) is 8.04. The molecule has 6 N–H and O–H groups in total. The summed E-state index contributed by atoms with van der Waals surface area (Å²) in [6.07, 6.45) is -3.88. The Morgan fingerprint density at radius 2 is 1.85 bits per heavy atom. The molecule has 6 atom stereocenters. The smallest absolute Gasteiger partial charge is 0.202 e. The molecular weight excluding hydrogens is 522 g/mol. The Morgan fingerprint density at radius 1 is 1.15 bits per heavy atom. The molecule has 5 rings (SSSR count). The molecule has 1 fully saturated rings. The van der Waals surface area contributed by atoms with Crippen molar-refractivity contribution < 1.29 is 49.0 Å². The van der Waals surface area contributed by atoms with Crippen molar-refractivity contribution in [1.82, 2.24) is 0 Å². The Hall–Kier alpha value is -3.35. The molecule has 2 aromatic rings. The van der Waals surface area contributed by atoms with Gasteiger partial charge in [0.15, 0.2) is 17.9 Å². The topological polar surface area (TPSA) is 186 Å². The molecule has 0 bridgehead atoms. The number of nitrogens with two attached hydrogens (primary N) is 1. The number of hydrogen-bond acceptors (Lipinski definition) is 11. The van der Waals surface area contributed by atoms with Gasteiger partial charge in [-0.2, -0.15) is 0 Å². The number of carbonyl (C=O) groups excluding carboxylic acids is 3. The van der Waals surface area contributed by atoms with Crippen LogP contribution >= 0.6 is 0 Å². The molecule has 214 valence electrons. The van der Waals surface area contributed by atoms with E-state index < -0.39 is 82.6 Å². The van der Waals surface area contributed by atoms with Crippen LogP contribution in [-0.4, -0.2) is 74.5 Å². The van der Waals surface area contributed by atoms with Gasteiger partial charge >= 0.3 is 0 Å². The largest absolute Gasteiger partial charge is 0.507 e. The molecule has 4 unspecified atom stereocenters. The van der Waals surface area contributed by atoms with Crippen molar-refractivity contribution in [1.29, 1.82) is 0 Å². The average Bonchev–Trinajstić information content (AvgIpc) is 2.90. The highest BCUT2D eigenvalue weighted by Gasteiger charge is 2.49. The van der Waals surface area contributed by atoms with Crippen LogP contribution in [0.2, 0.25) is 0 Å². The molecule has 11 nitrogen and oxygen atoms in total. The van der Waals surface area contributed by atoms with Crippen LogP contribution < -0.4 is 10.5 Å². The molecule has 1 saturated heterocycles. The number of aliphatic hydroxyl groups is 2. The molecule has 2 aliphatic carbocycles. The third-order valence-electron chi connectivity index (χ3n) is 8.04. The lowest BCUT2D eigenvalue weighted by Gasteiger charge is -2.42. The first kappa shape index (κ1) is 28.2. The van der Waals surface area contributed by atoms with E-state index in [1.54, 1.807) is 19.1 Å². The maximum absolute atomic E-state index is 13.8. The highest BCUT2D eigenvalue weighted by molar-refractivity contribution is 6.31. The Bertz CT molecular complexity index is 1390. The number of carbonyl (C=O) groups is 3. The average molecular weight is 556 g/mol. The van der Waals surface area contributed by atoms with Gasteiger partial charge < -0.3 is 40.4 Å². The van der Waals surface area contributed by atoms with Crippen molar-refractivity contribution in [3.8, 4) is 17.2 Å².